The number of thiophene rings is 1. The molecule has 0 saturated heterocycles. The van der Waals surface area contributed by atoms with Crippen molar-refractivity contribution < 1.29 is 4.79 Å². The molecule has 3 N–H and O–H groups in total. The van der Waals surface area contributed by atoms with Crippen molar-refractivity contribution in [3.63, 3.8) is 0 Å². The molecule has 0 bridgehead atoms. The average molecular weight is 252 g/mol. The van der Waals surface area contributed by atoms with Gasteiger partial charge >= 0.3 is 0 Å². The zero-order valence-electron chi connectivity index (χ0n) is 10.0. The maximum atomic E-state index is 12.0. The van der Waals surface area contributed by atoms with Crippen molar-refractivity contribution in [2.75, 3.05) is 6.54 Å². The molecular weight excluding hydrogens is 232 g/mol. The summed E-state index contributed by atoms with van der Waals surface area (Å²) in [7, 11) is 0. The van der Waals surface area contributed by atoms with E-state index < -0.39 is 0 Å². The number of carbonyl (C=O) groups excluding carboxylic acids is 1. The Morgan fingerprint density at radius 2 is 2.18 bits per heavy atom. The Labute approximate surface area is 106 Å². The molecule has 1 fully saturated rings. The second-order valence-electron chi connectivity index (χ2n) is 4.75. The van der Waals surface area contributed by atoms with Crippen molar-refractivity contribution in [3.8, 4) is 0 Å². The van der Waals surface area contributed by atoms with Crippen LogP contribution in [-0.4, -0.2) is 12.5 Å². The second kappa shape index (κ2) is 6.17. The summed E-state index contributed by atoms with van der Waals surface area (Å²) >= 11 is 1.68. The van der Waals surface area contributed by atoms with Gasteiger partial charge in [-0.25, -0.2) is 0 Å². The Bertz CT molecular complexity index is 342. The fraction of sp³-hybridized carbons (Fsp3) is 0.615. The lowest BCUT2D eigenvalue weighted by molar-refractivity contribution is -0.126. The number of nitrogens with two attached hydrogens (primary N) is 1. The Kier molecular flexibility index (Phi) is 4.57. The van der Waals surface area contributed by atoms with Crippen LogP contribution in [0.4, 0.5) is 0 Å². The smallest absolute Gasteiger partial charge is 0.223 e. The van der Waals surface area contributed by atoms with Crippen LogP contribution in [0, 0.1) is 11.8 Å². The summed E-state index contributed by atoms with van der Waals surface area (Å²) in [5.74, 6) is 1.06. The van der Waals surface area contributed by atoms with E-state index in [1.807, 2.05) is 11.4 Å². The van der Waals surface area contributed by atoms with E-state index in [1.54, 1.807) is 11.3 Å². The molecule has 1 amide bonds. The van der Waals surface area contributed by atoms with Crippen molar-refractivity contribution in [1.29, 1.82) is 0 Å². The van der Waals surface area contributed by atoms with E-state index in [-0.39, 0.29) is 11.8 Å². The normalized spacial score (nSPS) is 24.5. The van der Waals surface area contributed by atoms with Gasteiger partial charge in [-0.2, -0.15) is 0 Å². The van der Waals surface area contributed by atoms with Crippen molar-refractivity contribution in [2.24, 2.45) is 17.6 Å². The van der Waals surface area contributed by atoms with Crippen molar-refractivity contribution in [3.05, 3.63) is 22.4 Å². The van der Waals surface area contributed by atoms with Gasteiger partial charge in [-0.15, -0.1) is 11.3 Å². The van der Waals surface area contributed by atoms with E-state index >= 15 is 0 Å². The molecule has 1 aliphatic carbocycles. The van der Waals surface area contributed by atoms with Crippen LogP contribution in [0.3, 0.4) is 0 Å². The topological polar surface area (TPSA) is 55.1 Å². The number of rotatable bonds is 4. The molecule has 1 aromatic heterocycles. The fourth-order valence-electron chi connectivity index (χ4n) is 2.39. The van der Waals surface area contributed by atoms with Gasteiger partial charge in [0.2, 0.25) is 5.91 Å². The third kappa shape index (κ3) is 3.54. The van der Waals surface area contributed by atoms with Crippen molar-refractivity contribution in [1.82, 2.24) is 5.32 Å². The maximum Gasteiger partial charge on any atom is 0.223 e. The molecule has 3 nitrogen and oxygen atoms in total. The van der Waals surface area contributed by atoms with E-state index in [2.05, 4.69) is 11.4 Å². The summed E-state index contributed by atoms with van der Waals surface area (Å²) in [5, 5.41) is 5.06. The van der Waals surface area contributed by atoms with Crippen LogP contribution in [0.5, 0.6) is 0 Å². The highest BCUT2D eigenvalue weighted by Crippen LogP contribution is 2.28. The largest absolute Gasteiger partial charge is 0.351 e. The van der Waals surface area contributed by atoms with Gasteiger partial charge in [0.25, 0.3) is 0 Å². The first-order valence-electron chi connectivity index (χ1n) is 6.29. The number of amides is 1. The lowest BCUT2D eigenvalue weighted by atomic mass is 9.81. The van der Waals surface area contributed by atoms with Gasteiger partial charge in [-0.1, -0.05) is 6.07 Å². The van der Waals surface area contributed by atoms with Gasteiger partial charge in [-0.3, -0.25) is 4.79 Å². The van der Waals surface area contributed by atoms with Crippen LogP contribution in [0.2, 0.25) is 0 Å². The van der Waals surface area contributed by atoms with Gasteiger partial charge in [0, 0.05) is 10.8 Å². The molecule has 0 radical (unpaired) electrons. The monoisotopic (exact) mass is 252 g/mol. The SMILES string of the molecule is NCC1CCC(C(=O)NCc2cccs2)CC1. The fourth-order valence-corrected chi connectivity index (χ4v) is 3.04. The summed E-state index contributed by atoms with van der Waals surface area (Å²) in [5.41, 5.74) is 5.65. The molecule has 0 spiro atoms. The Hall–Kier alpha value is -0.870. The van der Waals surface area contributed by atoms with Crippen LogP contribution in [0.15, 0.2) is 17.5 Å². The predicted molar refractivity (Wildman–Crippen MR) is 70.7 cm³/mol. The molecule has 4 heteroatoms. The van der Waals surface area contributed by atoms with Gasteiger partial charge < -0.3 is 11.1 Å². The molecule has 0 aromatic carbocycles. The Morgan fingerprint density at radius 1 is 1.41 bits per heavy atom. The molecular formula is C13H20N2OS. The highest BCUT2D eigenvalue weighted by Gasteiger charge is 2.25. The van der Waals surface area contributed by atoms with E-state index in [4.69, 9.17) is 5.73 Å². The first-order valence-corrected chi connectivity index (χ1v) is 7.17. The zero-order chi connectivity index (χ0) is 12.1. The predicted octanol–water partition coefficient (Wildman–Crippen LogP) is 2.13. The third-order valence-corrected chi connectivity index (χ3v) is 4.44. The highest BCUT2D eigenvalue weighted by atomic mass is 32.1. The quantitative estimate of drug-likeness (QED) is 0.862. The van der Waals surface area contributed by atoms with Crippen LogP contribution >= 0.6 is 11.3 Å². The molecule has 0 aliphatic heterocycles. The van der Waals surface area contributed by atoms with Gasteiger partial charge in [-0.05, 0) is 49.6 Å². The van der Waals surface area contributed by atoms with Crippen LogP contribution in [-0.2, 0) is 11.3 Å². The molecule has 1 saturated carbocycles. The molecule has 1 aliphatic rings. The summed E-state index contributed by atoms with van der Waals surface area (Å²) in [6, 6.07) is 4.06. The van der Waals surface area contributed by atoms with Gasteiger partial charge in [0.1, 0.15) is 0 Å². The highest BCUT2D eigenvalue weighted by molar-refractivity contribution is 7.09. The number of hydrogen-bond acceptors (Lipinski definition) is 3. The lowest BCUT2D eigenvalue weighted by Crippen LogP contribution is -2.33. The Morgan fingerprint density at radius 3 is 2.76 bits per heavy atom. The third-order valence-electron chi connectivity index (χ3n) is 3.57. The lowest BCUT2D eigenvalue weighted by Gasteiger charge is -2.26. The summed E-state index contributed by atoms with van der Waals surface area (Å²) in [6.07, 6.45) is 4.21. The molecule has 1 heterocycles. The van der Waals surface area contributed by atoms with Crippen molar-refractivity contribution in [2.45, 2.75) is 32.2 Å². The van der Waals surface area contributed by atoms with Crippen LogP contribution in [0.25, 0.3) is 0 Å². The maximum absolute atomic E-state index is 12.0. The summed E-state index contributed by atoms with van der Waals surface area (Å²) in [4.78, 5) is 13.2. The average Bonchev–Trinajstić information content (AvgIpc) is 2.89. The summed E-state index contributed by atoms with van der Waals surface area (Å²) in [6.45, 7) is 1.44. The van der Waals surface area contributed by atoms with Crippen LogP contribution in [0.1, 0.15) is 30.6 Å². The Balaban J connectivity index is 1.73. The number of nitrogens with one attached hydrogen (secondary N) is 1. The first kappa shape index (κ1) is 12.6. The molecule has 17 heavy (non-hydrogen) atoms. The summed E-state index contributed by atoms with van der Waals surface area (Å²) < 4.78 is 0. The standard InChI is InChI=1S/C13H20N2OS/c14-8-10-3-5-11(6-4-10)13(16)15-9-12-2-1-7-17-12/h1-2,7,10-11H,3-6,8-9,14H2,(H,15,16). The van der Waals surface area contributed by atoms with E-state index in [9.17, 15) is 4.79 Å². The first-order chi connectivity index (χ1) is 8.29. The minimum Gasteiger partial charge on any atom is -0.351 e. The molecule has 2 rings (SSSR count). The van der Waals surface area contributed by atoms with Crippen molar-refractivity contribution >= 4 is 17.2 Å². The van der Waals surface area contributed by atoms with E-state index in [0.29, 0.717) is 12.5 Å². The molecule has 1 aromatic rings. The molecule has 94 valence electrons. The molecule has 0 atom stereocenters. The minimum atomic E-state index is 0.206. The van der Waals surface area contributed by atoms with Gasteiger partial charge in [0.05, 0.1) is 6.54 Å². The van der Waals surface area contributed by atoms with E-state index in [0.717, 1.165) is 32.2 Å². The number of hydrogen-bond donors (Lipinski definition) is 2. The molecule has 0 unspecified atom stereocenters. The minimum absolute atomic E-state index is 0.206. The van der Waals surface area contributed by atoms with E-state index in [1.165, 1.54) is 4.88 Å². The number of carbonyl (C=O) groups is 1. The van der Waals surface area contributed by atoms with Gasteiger partial charge in [0.15, 0.2) is 0 Å². The second-order valence-corrected chi connectivity index (χ2v) is 5.78. The zero-order valence-corrected chi connectivity index (χ0v) is 10.8. The van der Waals surface area contributed by atoms with Crippen LogP contribution < -0.4 is 11.1 Å².